The van der Waals surface area contributed by atoms with Crippen molar-refractivity contribution in [1.82, 2.24) is 14.7 Å². The van der Waals surface area contributed by atoms with Crippen molar-refractivity contribution in [2.24, 2.45) is 5.92 Å². The molecule has 2 saturated heterocycles. The number of piperidine rings is 1. The van der Waals surface area contributed by atoms with E-state index in [1.165, 1.54) is 0 Å². The summed E-state index contributed by atoms with van der Waals surface area (Å²) in [6, 6.07) is 13.3. The second kappa shape index (κ2) is 12.6. The molecule has 0 bridgehead atoms. The van der Waals surface area contributed by atoms with Crippen molar-refractivity contribution in [2.75, 3.05) is 62.2 Å². The molecule has 1 aromatic heterocycles. The first-order valence-corrected chi connectivity index (χ1v) is 15.6. The molecule has 1 aliphatic carbocycles. The number of hydrogen-bond acceptors (Lipinski definition) is 6. The lowest BCUT2D eigenvalue weighted by molar-refractivity contribution is -0.145. The molecule has 1 unspecified atom stereocenters. The summed E-state index contributed by atoms with van der Waals surface area (Å²) < 4.78 is 61.7. The van der Waals surface area contributed by atoms with Gasteiger partial charge in [0.2, 0.25) is 0 Å². The molecule has 0 N–H and O–H groups in total. The van der Waals surface area contributed by atoms with Crippen molar-refractivity contribution < 1.29 is 27.1 Å². The number of rotatable bonds is 8. The molecule has 0 spiro atoms. The van der Waals surface area contributed by atoms with Crippen LogP contribution in [0.3, 0.4) is 0 Å². The van der Waals surface area contributed by atoms with Crippen LogP contribution in [0.5, 0.6) is 0 Å². The van der Waals surface area contributed by atoms with Gasteiger partial charge in [-0.05, 0) is 56.0 Å². The van der Waals surface area contributed by atoms with Crippen molar-refractivity contribution in [2.45, 2.75) is 44.6 Å². The van der Waals surface area contributed by atoms with Crippen LogP contribution in [0.1, 0.15) is 48.3 Å². The summed E-state index contributed by atoms with van der Waals surface area (Å²) in [5, 5.41) is 4.57. The first-order chi connectivity index (χ1) is 21.1. The fourth-order valence-corrected chi connectivity index (χ4v) is 6.60. The van der Waals surface area contributed by atoms with Gasteiger partial charge in [0.1, 0.15) is 11.7 Å². The average molecular weight is 634 g/mol. The first-order valence-electron chi connectivity index (χ1n) is 15.2. The van der Waals surface area contributed by atoms with E-state index in [1.807, 2.05) is 18.2 Å². The lowest BCUT2D eigenvalue weighted by Gasteiger charge is -2.37. The fourth-order valence-electron chi connectivity index (χ4n) is 6.44. The summed E-state index contributed by atoms with van der Waals surface area (Å²) in [6.45, 7) is 6.87. The summed E-state index contributed by atoms with van der Waals surface area (Å²) in [4.78, 5) is 19.0. The lowest BCUT2D eigenvalue weighted by Crippen LogP contribution is -2.47. The zero-order valence-electron chi connectivity index (χ0n) is 24.6. The van der Waals surface area contributed by atoms with Gasteiger partial charge in [0.05, 0.1) is 18.8 Å². The number of aromatic nitrogens is 2. The number of esters is 1. The van der Waals surface area contributed by atoms with E-state index >= 15 is 0 Å². The van der Waals surface area contributed by atoms with Gasteiger partial charge in [-0.15, -0.1) is 0 Å². The van der Waals surface area contributed by atoms with Crippen LogP contribution in [0.25, 0.3) is 11.1 Å². The number of carbonyl (C=O) groups excluding carboxylic acids is 1. The minimum Gasteiger partial charge on any atom is -0.462 e. The van der Waals surface area contributed by atoms with Gasteiger partial charge < -0.3 is 14.5 Å². The van der Waals surface area contributed by atoms with E-state index in [0.29, 0.717) is 30.8 Å². The molecule has 3 heterocycles. The molecule has 44 heavy (non-hydrogen) atoms. The standard InChI is InChI=1S/C32H36ClF4N5O2/c1-2-44-31(43)27-18-38-42(30(27)32(35,36)37)25-4-3-11-41(20-25)29-17-23(33)7-10-26(29)21-5-8-24(9-6-21)40-14-12-39(13-15-40)19-22-16-28(22)34/h5-10,17-18,22,25,28H,2-4,11-16,19-20H2,1H3/t22-,25?,28-/m0/s1. The summed E-state index contributed by atoms with van der Waals surface area (Å²) >= 11 is 6.44. The lowest BCUT2D eigenvalue weighted by atomic mass is 9.99. The number of hydrogen-bond donors (Lipinski definition) is 0. The van der Waals surface area contributed by atoms with Crippen molar-refractivity contribution >= 4 is 28.9 Å². The van der Waals surface area contributed by atoms with Crippen LogP contribution in [0.15, 0.2) is 48.7 Å². The molecular formula is C32H36ClF4N5O2. The smallest absolute Gasteiger partial charge is 0.433 e. The second-order valence-electron chi connectivity index (χ2n) is 11.8. The molecule has 7 nitrogen and oxygen atoms in total. The molecule has 236 valence electrons. The predicted octanol–water partition coefficient (Wildman–Crippen LogP) is 6.72. The summed E-state index contributed by atoms with van der Waals surface area (Å²) in [5.41, 5.74) is 2.21. The number of halogens is 5. The van der Waals surface area contributed by atoms with E-state index in [-0.39, 0.29) is 19.1 Å². The van der Waals surface area contributed by atoms with Crippen molar-refractivity contribution in [1.29, 1.82) is 0 Å². The van der Waals surface area contributed by atoms with E-state index in [0.717, 1.165) is 66.1 Å². The highest BCUT2D eigenvalue weighted by atomic mass is 35.5. The Labute approximate surface area is 259 Å². The maximum absolute atomic E-state index is 14.2. The number of anilines is 2. The van der Waals surface area contributed by atoms with E-state index < -0.39 is 35.6 Å². The van der Waals surface area contributed by atoms with E-state index in [4.69, 9.17) is 16.3 Å². The van der Waals surface area contributed by atoms with Gasteiger partial charge >= 0.3 is 12.1 Å². The number of piperazine rings is 1. The van der Waals surface area contributed by atoms with Crippen LogP contribution < -0.4 is 9.80 Å². The maximum atomic E-state index is 14.2. The Kier molecular flexibility index (Phi) is 8.79. The van der Waals surface area contributed by atoms with E-state index in [2.05, 4.69) is 44.1 Å². The Morgan fingerprint density at radius 2 is 1.77 bits per heavy atom. The quantitative estimate of drug-likeness (QED) is 0.203. The van der Waals surface area contributed by atoms with Gasteiger partial charge in [-0.1, -0.05) is 29.8 Å². The van der Waals surface area contributed by atoms with Gasteiger partial charge in [0, 0.05) is 73.7 Å². The van der Waals surface area contributed by atoms with E-state index in [1.54, 1.807) is 6.92 Å². The normalized spacial score (nSPS) is 22.7. The third kappa shape index (κ3) is 6.54. The zero-order valence-corrected chi connectivity index (χ0v) is 25.3. The number of alkyl halides is 4. The molecule has 1 saturated carbocycles. The van der Waals surface area contributed by atoms with Crippen LogP contribution >= 0.6 is 11.6 Å². The molecule has 3 atom stereocenters. The van der Waals surface area contributed by atoms with Crippen molar-refractivity contribution in [3.8, 4) is 11.1 Å². The zero-order chi connectivity index (χ0) is 31.0. The molecule has 3 aromatic rings. The fraction of sp³-hybridized carbons (Fsp3) is 0.500. The van der Waals surface area contributed by atoms with Crippen molar-refractivity contribution in [3.05, 3.63) is 64.9 Å². The average Bonchev–Trinajstić information content (AvgIpc) is 3.50. The van der Waals surface area contributed by atoms with Crippen LogP contribution in [0.2, 0.25) is 5.02 Å². The number of nitrogens with zero attached hydrogens (tertiary/aromatic N) is 5. The highest BCUT2D eigenvalue weighted by molar-refractivity contribution is 6.31. The SMILES string of the molecule is CCOC(=O)c1cnn(C2CCCN(c3cc(Cl)ccc3-c3ccc(N4CCN(C[C@@H]5C[C@@H]5F)CC4)cc3)C2)c1C(F)(F)F. The molecule has 3 fully saturated rings. The molecular weight excluding hydrogens is 598 g/mol. The topological polar surface area (TPSA) is 53.8 Å². The van der Waals surface area contributed by atoms with Crippen LogP contribution in [0, 0.1) is 5.92 Å². The van der Waals surface area contributed by atoms with Crippen LogP contribution in [-0.2, 0) is 10.9 Å². The van der Waals surface area contributed by atoms with Gasteiger partial charge in [-0.25, -0.2) is 9.18 Å². The molecule has 0 amide bonds. The Morgan fingerprint density at radius 3 is 2.43 bits per heavy atom. The van der Waals surface area contributed by atoms with Gasteiger partial charge in [-0.2, -0.15) is 18.3 Å². The molecule has 12 heteroatoms. The monoisotopic (exact) mass is 633 g/mol. The Hall–Kier alpha value is -3.31. The van der Waals surface area contributed by atoms with Crippen molar-refractivity contribution in [3.63, 3.8) is 0 Å². The minimum atomic E-state index is -4.77. The van der Waals surface area contributed by atoms with Crippen LogP contribution in [0.4, 0.5) is 28.9 Å². The van der Waals surface area contributed by atoms with E-state index in [9.17, 15) is 22.4 Å². The van der Waals surface area contributed by atoms with Crippen LogP contribution in [-0.4, -0.2) is 79.2 Å². The molecule has 6 rings (SSSR count). The largest absolute Gasteiger partial charge is 0.462 e. The third-order valence-electron chi connectivity index (χ3n) is 8.85. The Bertz CT molecular complexity index is 1470. The summed E-state index contributed by atoms with van der Waals surface area (Å²) in [5.74, 6) is -0.827. The summed E-state index contributed by atoms with van der Waals surface area (Å²) in [7, 11) is 0. The minimum absolute atomic E-state index is 0.0317. The predicted molar refractivity (Wildman–Crippen MR) is 162 cm³/mol. The molecule has 2 aliphatic heterocycles. The Balaban J connectivity index is 1.20. The van der Waals surface area contributed by atoms with Gasteiger partial charge in [0.15, 0.2) is 5.69 Å². The van der Waals surface area contributed by atoms with Gasteiger partial charge in [-0.3, -0.25) is 9.58 Å². The number of ether oxygens (including phenoxy) is 1. The Morgan fingerprint density at radius 1 is 1.05 bits per heavy atom. The highest BCUT2D eigenvalue weighted by Crippen LogP contribution is 2.40. The second-order valence-corrected chi connectivity index (χ2v) is 12.3. The molecule has 3 aliphatic rings. The molecule has 2 aromatic carbocycles. The number of benzene rings is 2. The number of carbonyl (C=O) groups is 1. The summed E-state index contributed by atoms with van der Waals surface area (Å²) in [6.07, 6.45) is -2.62. The maximum Gasteiger partial charge on any atom is 0.433 e. The third-order valence-corrected chi connectivity index (χ3v) is 9.08. The first kappa shape index (κ1) is 30.7. The molecule has 0 radical (unpaired) electrons. The van der Waals surface area contributed by atoms with Gasteiger partial charge in [0.25, 0.3) is 0 Å². The highest BCUT2D eigenvalue weighted by Gasteiger charge is 2.43.